The molecule has 2 rings (SSSR count). The lowest BCUT2D eigenvalue weighted by Crippen LogP contribution is -2.27. The minimum Gasteiger partial charge on any atom is -0.453 e. The van der Waals surface area contributed by atoms with Crippen LogP contribution in [0.2, 0.25) is 0 Å². The number of para-hydroxylation sites is 1. The molecule has 31 heavy (non-hydrogen) atoms. The van der Waals surface area contributed by atoms with Gasteiger partial charge in [0.2, 0.25) is 10.0 Å². The smallest absolute Gasteiger partial charge is 0.244 e. The number of anilines is 1. The first-order chi connectivity index (χ1) is 14.8. The summed E-state index contributed by atoms with van der Waals surface area (Å²) >= 11 is 0. The summed E-state index contributed by atoms with van der Waals surface area (Å²) in [5.41, 5.74) is 3.10. The normalized spacial score (nSPS) is 11.5. The molecule has 0 radical (unpaired) electrons. The van der Waals surface area contributed by atoms with E-state index in [0.717, 1.165) is 49.9 Å². The molecule has 172 valence electrons. The van der Waals surface area contributed by atoms with E-state index in [4.69, 9.17) is 4.74 Å². The van der Waals surface area contributed by atoms with Gasteiger partial charge in [-0.15, -0.1) is 0 Å². The molecule has 0 saturated carbocycles. The quantitative estimate of drug-likeness (QED) is 0.483. The van der Waals surface area contributed by atoms with Crippen molar-refractivity contribution in [2.75, 3.05) is 25.0 Å². The van der Waals surface area contributed by atoms with E-state index in [2.05, 4.69) is 23.5 Å². The van der Waals surface area contributed by atoms with Crippen molar-refractivity contribution in [3.8, 4) is 11.5 Å². The molecule has 6 nitrogen and oxygen atoms in total. The Kier molecular flexibility index (Phi) is 9.34. The standard InChI is InChI=1S/C24H36N2O4S/c1-6-8-13-26(14-9-7-2)21-15-20(17-27)16-22(31(28,29)25-5)24(21)30-23-18(3)11-10-12-19(23)4/h10-12,15-16,25,27H,6-9,13-14,17H2,1-5H3. The largest absolute Gasteiger partial charge is 0.453 e. The average Bonchev–Trinajstić information content (AvgIpc) is 2.76. The van der Waals surface area contributed by atoms with E-state index in [-0.39, 0.29) is 11.5 Å². The van der Waals surface area contributed by atoms with Gasteiger partial charge in [-0.3, -0.25) is 0 Å². The monoisotopic (exact) mass is 448 g/mol. The molecular formula is C24H36N2O4S. The van der Waals surface area contributed by atoms with Gasteiger partial charge >= 0.3 is 0 Å². The van der Waals surface area contributed by atoms with Crippen molar-refractivity contribution in [2.24, 2.45) is 0 Å². The first-order valence-electron chi connectivity index (χ1n) is 11.0. The second-order valence-corrected chi connectivity index (χ2v) is 9.68. The zero-order valence-electron chi connectivity index (χ0n) is 19.4. The highest BCUT2D eigenvalue weighted by molar-refractivity contribution is 7.89. The van der Waals surface area contributed by atoms with Crippen LogP contribution in [-0.2, 0) is 16.6 Å². The Morgan fingerprint density at radius 2 is 1.58 bits per heavy atom. The number of hydrogen-bond donors (Lipinski definition) is 2. The van der Waals surface area contributed by atoms with Crippen LogP contribution < -0.4 is 14.4 Å². The minimum absolute atomic E-state index is 0.0391. The fraction of sp³-hybridized carbons (Fsp3) is 0.500. The van der Waals surface area contributed by atoms with E-state index in [0.29, 0.717) is 22.7 Å². The number of hydrogen-bond acceptors (Lipinski definition) is 5. The molecule has 0 atom stereocenters. The number of rotatable bonds is 12. The summed E-state index contributed by atoms with van der Waals surface area (Å²) in [4.78, 5) is 2.22. The number of benzene rings is 2. The molecule has 0 amide bonds. The van der Waals surface area contributed by atoms with Crippen molar-refractivity contribution in [2.45, 2.75) is 64.9 Å². The molecule has 0 bridgehead atoms. The van der Waals surface area contributed by atoms with E-state index in [9.17, 15) is 13.5 Å². The van der Waals surface area contributed by atoms with Crippen LogP contribution in [0, 0.1) is 13.8 Å². The van der Waals surface area contributed by atoms with Gasteiger partial charge in [-0.1, -0.05) is 44.9 Å². The molecule has 0 heterocycles. The van der Waals surface area contributed by atoms with Crippen molar-refractivity contribution in [3.05, 3.63) is 47.0 Å². The van der Waals surface area contributed by atoms with Crippen molar-refractivity contribution in [3.63, 3.8) is 0 Å². The third-order valence-corrected chi connectivity index (χ3v) is 6.77. The summed E-state index contributed by atoms with van der Waals surface area (Å²) in [7, 11) is -2.43. The number of ether oxygens (including phenoxy) is 1. The summed E-state index contributed by atoms with van der Waals surface area (Å²) in [6.45, 7) is 9.48. The molecule has 0 aliphatic heterocycles. The molecule has 2 aromatic carbocycles. The molecule has 0 aromatic heterocycles. The van der Waals surface area contributed by atoms with Crippen molar-refractivity contribution >= 4 is 15.7 Å². The number of sulfonamides is 1. The number of aryl methyl sites for hydroxylation is 2. The molecule has 0 fully saturated rings. The Balaban J connectivity index is 2.77. The van der Waals surface area contributed by atoms with E-state index in [1.54, 1.807) is 0 Å². The van der Waals surface area contributed by atoms with Crippen LogP contribution in [0.1, 0.15) is 56.2 Å². The Morgan fingerprint density at radius 3 is 2.06 bits per heavy atom. The highest BCUT2D eigenvalue weighted by Crippen LogP contribution is 2.41. The lowest BCUT2D eigenvalue weighted by atomic mass is 10.1. The number of unbranched alkanes of at least 4 members (excludes halogenated alkanes) is 2. The van der Waals surface area contributed by atoms with Gasteiger partial charge < -0.3 is 14.7 Å². The Bertz CT molecular complexity index is 946. The predicted octanol–water partition coefficient (Wildman–Crippen LogP) is 4.90. The van der Waals surface area contributed by atoms with Crippen LogP contribution in [0.15, 0.2) is 35.2 Å². The Morgan fingerprint density at radius 1 is 1.00 bits per heavy atom. The molecule has 0 spiro atoms. The molecule has 7 heteroatoms. The zero-order valence-corrected chi connectivity index (χ0v) is 20.2. The van der Waals surface area contributed by atoms with Gasteiger partial charge in [0.1, 0.15) is 10.6 Å². The maximum absolute atomic E-state index is 13.0. The third kappa shape index (κ3) is 6.21. The molecular weight excluding hydrogens is 412 g/mol. The summed E-state index contributed by atoms with van der Waals surface area (Å²) < 4.78 is 34.7. The average molecular weight is 449 g/mol. The second-order valence-electron chi connectivity index (χ2n) is 7.83. The van der Waals surface area contributed by atoms with Crippen molar-refractivity contribution in [1.29, 1.82) is 0 Å². The lowest BCUT2D eigenvalue weighted by molar-refractivity contribution is 0.281. The second kappa shape index (κ2) is 11.5. The topological polar surface area (TPSA) is 78.9 Å². The number of nitrogens with one attached hydrogen (secondary N) is 1. The summed E-state index contributed by atoms with van der Waals surface area (Å²) in [6.07, 6.45) is 4.00. The fourth-order valence-corrected chi connectivity index (χ4v) is 4.41. The predicted molar refractivity (Wildman–Crippen MR) is 127 cm³/mol. The summed E-state index contributed by atoms with van der Waals surface area (Å²) in [6, 6.07) is 9.19. The van der Waals surface area contributed by atoms with Gasteiger partial charge in [0.25, 0.3) is 0 Å². The van der Waals surface area contributed by atoms with Gasteiger partial charge in [-0.2, -0.15) is 0 Å². The van der Waals surface area contributed by atoms with Gasteiger partial charge in [0.15, 0.2) is 5.75 Å². The molecule has 0 unspecified atom stereocenters. The SMILES string of the molecule is CCCCN(CCCC)c1cc(CO)cc(S(=O)(=O)NC)c1Oc1c(C)cccc1C. The van der Waals surface area contributed by atoms with Crippen LogP contribution in [0.3, 0.4) is 0 Å². The van der Waals surface area contributed by atoms with Crippen LogP contribution in [0.25, 0.3) is 0 Å². The fourth-order valence-electron chi connectivity index (χ4n) is 3.49. The summed E-state index contributed by atoms with van der Waals surface area (Å²) in [5, 5.41) is 9.85. The van der Waals surface area contributed by atoms with Gasteiger partial charge in [0.05, 0.1) is 12.3 Å². The third-order valence-electron chi connectivity index (χ3n) is 5.35. The maximum Gasteiger partial charge on any atom is 0.244 e. The van der Waals surface area contributed by atoms with Gasteiger partial charge in [0, 0.05) is 13.1 Å². The first-order valence-corrected chi connectivity index (χ1v) is 12.5. The highest BCUT2D eigenvalue weighted by atomic mass is 32.2. The minimum atomic E-state index is -3.82. The van der Waals surface area contributed by atoms with Crippen LogP contribution in [0.5, 0.6) is 11.5 Å². The van der Waals surface area contributed by atoms with E-state index >= 15 is 0 Å². The van der Waals surface area contributed by atoms with E-state index in [1.807, 2.05) is 38.1 Å². The van der Waals surface area contributed by atoms with Crippen LogP contribution >= 0.6 is 0 Å². The summed E-state index contributed by atoms with van der Waals surface area (Å²) in [5.74, 6) is 0.954. The number of nitrogens with zero attached hydrogens (tertiary/aromatic N) is 1. The zero-order chi connectivity index (χ0) is 23.0. The van der Waals surface area contributed by atoms with Crippen molar-refractivity contribution in [1.82, 2.24) is 4.72 Å². The highest BCUT2D eigenvalue weighted by Gasteiger charge is 2.26. The Hall–Kier alpha value is -2.09. The van der Waals surface area contributed by atoms with E-state index in [1.165, 1.54) is 13.1 Å². The number of aliphatic hydroxyl groups is 1. The maximum atomic E-state index is 13.0. The lowest BCUT2D eigenvalue weighted by Gasteiger charge is -2.29. The van der Waals surface area contributed by atoms with E-state index < -0.39 is 10.0 Å². The Labute approximate surface area is 187 Å². The number of aliphatic hydroxyl groups excluding tert-OH is 1. The molecule has 2 aromatic rings. The van der Waals surface area contributed by atoms with Crippen LogP contribution in [-0.4, -0.2) is 33.7 Å². The van der Waals surface area contributed by atoms with Crippen molar-refractivity contribution < 1.29 is 18.3 Å². The van der Waals surface area contributed by atoms with Gasteiger partial charge in [-0.25, -0.2) is 13.1 Å². The molecule has 0 aliphatic carbocycles. The molecule has 2 N–H and O–H groups in total. The van der Waals surface area contributed by atoms with Gasteiger partial charge in [-0.05, 0) is 62.6 Å². The molecule has 0 saturated heterocycles. The first kappa shape index (κ1) is 25.2. The van der Waals surface area contributed by atoms with Crippen LogP contribution in [0.4, 0.5) is 5.69 Å². The molecule has 0 aliphatic rings.